The molecule has 2 aromatic carbocycles. The molecule has 0 radical (unpaired) electrons. The fourth-order valence-electron chi connectivity index (χ4n) is 1.71. The maximum atomic E-state index is 10.6. The summed E-state index contributed by atoms with van der Waals surface area (Å²) in [5.74, 6) is 0.757. The highest BCUT2D eigenvalue weighted by atomic mass is 16.5. The summed E-state index contributed by atoms with van der Waals surface area (Å²) >= 11 is 0. The Labute approximate surface area is 106 Å². The van der Waals surface area contributed by atoms with Gasteiger partial charge >= 0.3 is 0 Å². The van der Waals surface area contributed by atoms with Crippen molar-refractivity contribution in [3.8, 4) is 5.75 Å². The number of hydrogen-bond acceptors (Lipinski definition) is 3. The van der Waals surface area contributed by atoms with Crippen LogP contribution in [0.2, 0.25) is 0 Å². The molecule has 0 aromatic heterocycles. The highest BCUT2D eigenvalue weighted by molar-refractivity contribution is 5.60. The SMILES string of the molecule is O=CC(O)c1ccccc1COc1ccccc1. The highest BCUT2D eigenvalue weighted by Gasteiger charge is 2.10. The second-order valence-corrected chi connectivity index (χ2v) is 3.88. The molecule has 2 aromatic rings. The molecule has 18 heavy (non-hydrogen) atoms. The minimum Gasteiger partial charge on any atom is -0.489 e. The predicted molar refractivity (Wildman–Crippen MR) is 68.2 cm³/mol. The van der Waals surface area contributed by atoms with Crippen LogP contribution in [-0.2, 0) is 11.4 Å². The summed E-state index contributed by atoms with van der Waals surface area (Å²) in [6.07, 6.45) is -0.581. The molecule has 0 heterocycles. The molecule has 0 fully saturated rings. The van der Waals surface area contributed by atoms with Crippen molar-refractivity contribution < 1.29 is 14.6 Å². The van der Waals surface area contributed by atoms with Gasteiger partial charge in [-0.2, -0.15) is 0 Å². The Kier molecular flexibility index (Phi) is 4.10. The number of aliphatic hydroxyl groups excluding tert-OH is 1. The molecule has 0 saturated heterocycles. The van der Waals surface area contributed by atoms with Gasteiger partial charge in [0.05, 0.1) is 0 Å². The summed E-state index contributed by atoms with van der Waals surface area (Å²) < 4.78 is 5.60. The Morgan fingerprint density at radius 3 is 2.44 bits per heavy atom. The van der Waals surface area contributed by atoms with Crippen LogP contribution in [0.5, 0.6) is 5.75 Å². The molecule has 0 spiro atoms. The smallest absolute Gasteiger partial charge is 0.153 e. The van der Waals surface area contributed by atoms with Gasteiger partial charge in [0.2, 0.25) is 0 Å². The fourth-order valence-corrected chi connectivity index (χ4v) is 1.71. The molecule has 2 rings (SSSR count). The first-order valence-electron chi connectivity index (χ1n) is 5.70. The molecule has 3 nitrogen and oxygen atoms in total. The first kappa shape index (κ1) is 12.3. The molecule has 1 N–H and O–H groups in total. The standard InChI is InChI=1S/C15H14O3/c16-10-15(17)14-9-5-4-6-12(14)11-18-13-7-2-1-3-8-13/h1-10,15,17H,11H2. The highest BCUT2D eigenvalue weighted by Crippen LogP contribution is 2.19. The van der Waals surface area contributed by atoms with E-state index < -0.39 is 6.10 Å². The number of carbonyl (C=O) groups excluding carboxylic acids is 1. The zero-order chi connectivity index (χ0) is 12.8. The van der Waals surface area contributed by atoms with Crippen LogP contribution >= 0.6 is 0 Å². The minimum absolute atomic E-state index is 0.324. The van der Waals surface area contributed by atoms with Crippen LogP contribution in [-0.4, -0.2) is 11.4 Å². The van der Waals surface area contributed by atoms with E-state index in [2.05, 4.69) is 0 Å². The maximum absolute atomic E-state index is 10.6. The third-order valence-corrected chi connectivity index (χ3v) is 2.64. The number of ether oxygens (including phenoxy) is 1. The summed E-state index contributed by atoms with van der Waals surface area (Å²) in [4.78, 5) is 10.6. The lowest BCUT2D eigenvalue weighted by molar-refractivity contribution is -0.115. The lowest BCUT2D eigenvalue weighted by Gasteiger charge is -2.12. The van der Waals surface area contributed by atoms with Crippen LogP contribution in [0.25, 0.3) is 0 Å². The van der Waals surface area contributed by atoms with Gasteiger partial charge in [0, 0.05) is 0 Å². The second-order valence-electron chi connectivity index (χ2n) is 3.88. The van der Waals surface area contributed by atoms with E-state index in [1.807, 2.05) is 42.5 Å². The maximum Gasteiger partial charge on any atom is 0.153 e. The van der Waals surface area contributed by atoms with E-state index in [4.69, 9.17) is 4.74 Å². The number of carbonyl (C=O) groups is 1. The summed E-state index contributed by atoms with van der Waals surface area (Å²) in [7, 11) is 0. The zero-order valence-corrected chi connectivity index (χ0v) is 9.82. The van der Waals surface area contributed by atoms with Crippen molar-refractivity contribution >= 4 is 6.29 Å². The molecule has 3 heteroatoms. The van der Waals surface area contributed by atoms with Crippen LogP contribution in [0, 0.1) is 0 Å². The average Bonchev–Trinajstić information content (AvgIpc) is 2.45. The summed E-state index contributed by atoms with van der Waals surface area (Å²) in [5, 5.41) is 9.58. The third-order valence-electron chi connectivity index (χ3n) is 2.64. The van der Waals surface area contributed by atoms with Crippen molar-refractivity contribution in [2.24, 2.45) is 0 Å². The topological polar surface area (TPSA) is 46.5 Å². The van der Waals surface area contributed by atoms with Gasteiger partial charge in [0.15, 0.2) is 6.29 Å². The normalized spacial score (nSPS) is 11.8. The Morgan fingerprint density at radius 2 is 1.72 bits per heavy atom. The van der Waals surface area contributed by atoms with Gasteiger partial charge in [0.25, 0.3) is 0 Å². The van der Waals surface area contributed by atoms with Crippen molar-refractivity contribution in [3.63, 3.8) is 0 Å². The van der Waals surface area contributed by atoms with Gasteiger partial charge in [-0.1, -0.05) is 42.5 Å². The molecule has 0 saturated carbocycles. The minimum atomic E-state index is -1.10. The number of hydrogen-bond donors (Lipinski definition) is 1. The molecule has 0 aliphatic heterocycles. The van der Waals surface area contributed by atoms with Crippen molar-refractivity contribution in [3.05, 3.63) is 65.7 Å². The van der Waals surface area contributed by atoms with E-state index >= 15 is 0 Å². The fraction of sp³-hybridized carbons (Fsp3) is 0.133. The van der Waals surface area contributed by atoms with Gasteiger partial charge in [-0.15, -0.1) is 0 Å². The monoisotopic (exact) mass is 242 g/mol. The van der Waals surface area contributed by atoms with Crippen molar-refractivity contribution in [1.29, 1.82) is 0 Å². The van der Waals surface area contributed by atoms with Crippen LogP contribution in [0.4, 0.5) is 0 Å². The molecule has 0 aliphatic carbocycles. The van der Waals surface area contributed by atoms with Crippen LogP contribution in [0.15, 0.2) is 54.6 Å². The summed E-state index contributed by atoms with van der Waals surface area (Å²) in [6.45, 7) is 0.324. The van der Waals surface area contributed by atoms with E-state index in [-0.39, 0.29) is 0 Å². The quantitative estimate of drug-likeness (QED) is 0.819. The molecule has 1 atom stereocenters. The first-order valence-corrected chi connectivity index (χ1v) is 5.70. The predicted octanol–water partition coefficient (Wildman–Crippen LogP) is 2.50. The largest absolute Gasteiger partial charge is 0.489 e. The molecule has 92 valence electrons. The Morgan fingerprint density at radius 1 is 1.06 bits per heavy atom. The van der Waals surface area contributed by atoms with Crippen molar-refractivity contribution in [2.45, 2.75) is 12.7 Å². The first-order chi connectivity index (χ1) is 8.81. The molecule has 0 bridgehead atoms. The average molecular weight is 242 g/mol. The van der Waals surface area contributed by atoms with Crippen LogP contribution < -0.4 is 4.74 Å². The Bertz CT molecular complexity index is 508. The lowest BCUT2D eigenvalue weighted by Crippen LogP contribution is -2.05. The van der Waals surface area contributed by atoms with Gasteiger partial charge in [-0.05, 0) is 23.3 Å². The summed E-state index contributed by atoms with van der Waals surface area (Å²) in [6, 6.07) is 16.6. The lowest BCUT2D eigenvalue weighted by atomic mass is 10.0. The van der Waals surface area contributed by atoms with Gasteiger partial charge in [-0.3, -0.25) is 0 Å². The van der Waals surface area contributed by atoms with E-state index in [0.717, 1.165) is 11.3 Å². The van der Waals surface area contributed by atoms with E-state index in [1.54, 1.807) is 12.1 Å². The number of aliphatic hydroxyl groups is 1. The van der Waals surface area contributed by atoms with E-state index in [0.29, 0.717) is 18.5 Å². The number of benzene rings is 2. The molecule has 0 aliphatic rings. The van der Waals surface area contributed by atoms with Gasteiger partial charge < -0.3 is 14.6 Å². The van der Waals surface area contributed by atoms with E-state index in [1.165, 1.54) is 0 Å². The van der Waals surface area contributed by atoms with Crippen LogP contribution in [0.1, 0.15) is 17.2 Å². The third kappa shape index (κ3) is 2.96. The van der Waals surface area contributed by atoms with Crippen molar-refractivity contribution in [2.75, 3.05) is 0 Å². The molecule has 0 amide bonds. The zero-order valence-electron chi connectivity index (χ0n) is 9.82. The Hall–Kier alpha value is -2.13. The van der Waals surface area contributed by atoms with Crippen molar-refractivity contribution in [1.82, 2.24) is 0 Å². The number of aldehydes is 1. The van der Waals surface area contributed by atoms with Crippen LogP contribution in [0.3, 0.4) is 0 Å². The number of para-hydroxylation sites is 1. The van der Waals surface area contributed by atoms with E-state index in [9.17, 15) is 9.90 Å². The molecular weight excluding hydrogens is 228 g/mol. The summed E-state index contributed by atoms with van der Waals surface area (Å²) in [5.41, 5.74) is 1.39. The number of rotatable bonds is 5. The van der Waals surface area contributed by atoms with Gasteiger partial charge in [0.1, 0.15) is 18.5 Å². The second kappa shape index (κ2) is 5.98. The molecule has 1 unspecified atom stereocenters. The van der Waals surface area contributed by atoms with Gasteiger partial charge in [-0.25, -0.2) is 0 Å². The molecular formula is C15H14O3. The Balaban J connectivity index is 2.12.